The zero-order valence-electron chi connectivity index (χ0n) is 8.62. The van der Waals surface area contributed by atoms with Gasteiger partial charge in [0.25, 0.3) is 0 Å². The van der Waals surface area contributed by atoms with Gasteiger partial charge in [0.1, 0.15) is 17.1 Å². The van der Waals surface area contributed by atoms with Crippen molar-refractivity contribution in [3.63, 3.8) is 0 Å². The smallest absolute Gasteiger partial charge is 0.135 e. The molecule has 2 unspecified atom stereocenters. The summed E-state index contributed by atoms with van der Waals surface area (Å²) in [7, 11) is 0. The lowest BCUT2D eigenvalue weighted by Gasteiger charge is -2.34. The van der Waals surface area contributed by atoms with Gasteiger partial charge in [-0.15, -0.1) is 0 Å². The van der Waals surface area contributed by atoms with Crippen LogP contribution in [0.2, 0.25) is 0 Å². The van der Waals surface area contributed by atoms with Crippen molar-refractivity contribution in [2.45, 2.75) is 38.4 Å². The number of hydrogen-bond acceptors (Lipinski definition) is 3. The fraction of sp³-hybridized carbons (Fsp3) is 0.636. The molecule has 0 aromatic carbocycles. The third-order valence-corrected chi connectivity index (χ3v) is 2.76. The summed E-state index contributed by atoms with van der Waals surface area (Å²) < 4.78 is 11.2. The van der Waals surface area contributed by atoms with E-state index in [1.807, 2.05) is 26.0 Å². The van der Waals surface area contributed by atoms with Crippen molar-refractivity contribution < 1.29 is 14.3 Å². The number of aryl methyl sites for hydroxylation is 1. The monoisotopic (exact) mass is 196 g/mol. The Balaban J connectivity index is 2.22. The van der Waals surface area contributed by atoms with Crippen LogP contribution in [0.1, 0.15) is 31.3 Å². The summed E-state index contributed by atoms with van der Waals surface area (Å²) in [6.07, 6.45) is 1.05. The highest BCUT2D eigenvalue weighted by atomic mass is 16.5. The summed E-state index contributed by atoms with van der Waals surface area (Å²) >= 11 is 0. The highest BCUT2D eigenvalue weighted by Gasteiger charge is 2.36. The first kappa shape index (κ1) is 9.74. The van der Waals surface area contributed by atoms with Crippen molar-refractivity contribution in [1.82, 2.24) is 0 Å². The van der Waals surface area contributed by atoms with E-state index in [0.29, 0.717) is 13.0 Å². The van der Waals surface area contributed by atoms with Gasteiger partial charge in [0.15, 0.2) is 0 Å². The van der Waals surface area contributed by atoms with Gasteiger partial charge in [-0.2, -0.15) is 0 Å². The Morgan fingerprint density at radius 1 is 1.50 bits per heavy atom. The van der Waals surface area contributed by atoms with Crippen LogP contribution in [0.3, 0.4) is 0 Å². The molecule has 2 atom stereocenters. The molecule has 14 heavy (non-hydrogen) atoms. The molecule has 2 rings (SSSR count). The van der Waals surface area contributed by atoms with Crippen molar-refractivity contribution in [3.05, 3.63) is 23.7 Å². The average Bonchev–Trinajstić information content (AvgIpc) is 2.52. The third-order valence-electron chi connectivity index (χ3n) is 2.76. The Morgan fingerprint density at radius 3 is 2.86 bits per heavy atom. The summed E-state index contributed by atoms with van der Waals surface area (Å²) in [4.78, 5) is 0. The molecule has 1 aromatic heterocycles. The van der Waals surface area contributed by atoms with Crippen molar-refractivity contribution >= 4 is 0 Å². The van der Waals surface area contributed by atoms with Gasteiger partial charge in [-0.1, -0.05) is 0 Å². The van der Waals surface area contributed by atoms with Gasteiger partial charge in [-0.25, -0.2) is 0 Å². The SMILES string of the molecule is Cc1ccc(C2(C)CC(O)CCO2)o1. The first-order chi connectivity index (χ1) is 6.60. The first-order valence-corrected chi connectivity index (χ1v) is 4.99. The summed E-state index contributed by atoms with van der Waals surface area (Å²) in [5, 5.41) is 9.59. The molecule has 0 saturated carbocycles. The Bertz CT molecular complexity index is 318. The van der Waals surface area contributed by atoms with Crippen molar-refractivity contribution in [2.24, 2.45) is 0 Å². The van der Waals surface area contributed by atoms with Gasteiger partial charge in [-0.05, 0) is 32.4 Å². The number of aliphatic hydroxyl groups excluding tert-OH is 1. The molecule has 78 valence electrons. The molecular formula is C11H16O3. The molecule has 2 heterocycles. The van der Waals surface area contributed by atoms with E-state index >= 15 is 0 Å². The lowest BCUT2D eigenvalue weighted by atomic mass is 9.91. The zero-order chi connectivity index (χ0) is 10.2. The normalized spacial score (nSPS) is 33.2. The van der Waals surface area contributed by atoms with Crippen LogP contribution >= 0.6 is 0 Å². The van der Waals surface area contributed by atoms with Crippen LogP contribution < -0.4 is 0 Å². The Kier molecular flexibility index (Phi) is 2.37. The van der Waals surface area contributed by atoms with Crippen LogP contribution in [-0.4, -0.2) is 17.8 Å². The number of hydrogen-bond donors (Lipinski definition) is 1. The van der Waals surface area contributed by atoms with E-state index in [9.17, 15) is 5.11 Å². The second kappa shape index (κ2) is 3.41. The molecule has 0 bridgehead atoms. The van der Waals surface area contributed by atoms with E-state index in [0.717, 1.165) is 17.9 Å². The maximum Gasteiger partial charge on any atom is 0.135 e. The molecule has 1 aliphatic rings. The van der Waals surface area contributed by atoms with E-state index < -0.39 is 5.60 Å². The topological polar surface area (TPSA) is 42.6 Å². The Hall–Kier alpha value is -0.800. The molecular weight excluding hydrogens is 180 g/mol. The number of furan rings is 1. The standard InChI is InChI=1S/C11H16O3/c1-8-3-4-10(14-8)11(2)7-9(12)5-6-13-11/h3-4,9,12H,5-7H2,1-2H3. The molecule has 0 aliphatic carbocycles. The maximum atomic E-state index is 9.59. The zero-order valence-corrected chi connectivity index (χ0v) is 8.62. The third kappa shape index (κ3) is 1.70. The molecule has 1 fully saturated rings. The van der Waals surface area contributed by atoms with E-state index in [2.05, 4.69) is 0 Å². The highest BCUT2D eigenvalue weighted by Crippen LogP contribution is 2.35. The predicted molar refractivity (Wildman–Crippen MR) is 52.0 cm³/mol. The Morgan fingerprint density at radius 2 is 2.29 bits per heavy atom. The molecule has 0 spiro atoms. The van der Waals surface area contributed by atoms with Crippen molar-refractivity contribution in [2.75, 3.05) is 6.61 Å². The summed E-state index contributed by atoms with van der Waals surface area (Å²) in [6, 6.07) is 3.85. The maximum absolute atomic E-state index is 9.59. The predicted octanol–water partition coefficient (Wildman–Crippen LogP) is 1.97. The highest BCUT2D eigenvalue weighted by molar-refractivity contribution is 5.13. The fourth-order valence-electron chi connectivity index (χ4n) is 1.92. The molecule has 1 aliphatic heterocycles. The van der Waals surface area contributed by atoms with Crippen molar-refractivity contribution in [3.8, 4) is 0 Å². The van der Waals surface area contributed by atoms with Gasteiger partial charge in [0.2, 0.25) is 0 Å². The minimum absolute atomic E-state index is 0.279. The van der Waals surface area contributed by atoms with Crippen LogP contribution in [0, 0.1) is 6.92 Å². The van der Waals surface area contributed by atoms with Crippen LogP contribution in [0.25, 0.3) is 0 Å². The van der Waals surface area contributed by atoms with Crippen LogP contribution in [0.15, 0.2) is 16.5 Å². The first-order valence-electron chi connectivity index (χ1n) is 4.99. The summed E-state index contributed by atoms with van der Waals surface area (Å²) in [6.45, 7) is 4.47. The molecule has 1 aromatic rings. The Labute approximate surface area is 83.7 Å². The summed E-state index contributed by atoms with van der Waals surface area (Å²) in [5.74, 6) is 1.69. The minimum Gasteiger partial charge on any atom is -0.463 e. The van der Waals surface area contributed by atoms with Crippen LogP contribution in [-0.2, 0) is 10.3 Å². The molecule has 0 amide bonds. The number of aliphatic hydroxyl groups is 1. The largest absolute Gasteiger partial charge is 0.463 e. The lowest BCUT2D eigenvalue weighted by Crippen LogP contribution is -2.36. The molecule has 0 radical (unpaired) electrons. The van der Waals surface area contributed by atoms with Crippen LogP contribution in [0.4, 0.5) is 0 Å². The van der Waals surface area contributed by atoms with Gasteiger partial charge < -0.3 is 14.3 Å². The minimum atomic E-state index is -0.452. The fourth-order valence-corrected chi connectivity index (χ4v) is 1.92. The second-order valence-corrected chi connectivity index (χ2v) is 4.14. The van der Waals surface area contributed by atoms with E-state index in [1.54, 1.807) is 0 Å². The molecule has 3 heteroatoms. The molecule has 3 nitrogen and oxygen atoms in total. The van der Waals surface area contributed by atoms with Crippen LogP contribution in [0.5, 0.6) is 0 Å². The molecule has 1 saturated heterocycles. The van der Waals surface area contributed by atoms with Gasteiger partial charge in [0.05, 0.1) is 12.7 Å². The van der Waals surface area contributed by atoms with E-state index in [1.165, 1.54) is 0 Å². The lowest BCUT2D eigenvalue weighted by molar-refractivity contribution is -0.123. The van der Waals surface area contributed by atoms with Gasteiger partial charge >= 0.3 is 0 Å². The summed E-state index contributed by atoms with van der Waals surface area (Å²) in [5.41, 5.74) is -0.452. The quantitative estimate of drug-likeness (QED) is 0.746. The van der Waals surface area contributed by atoms with E-state index in [-0.39, 0.29) is 6.10 Å². The number of ether oxygens (including phenoxy) is 1. The van der Waals surface area contributed by atoms with Crippen molar-refractivity contribution in [1.29, 1.82) is 0 Å². The van der Waals surface area contributed by atoms with Gasteiger partial charge in [0, 0.05) is 6.42 Å². The second-order valence-electron chi connectivity index (χ2n) is 4.14. The molecule has 1 N–H and O–H groups in total. The average molecular weight is 196 g/mol. The van der Waals surface area contributed by atoms with E-state index in [4.69, 9.17) is 9.15 Å². The van der Waals surface area contributed by atoms with Gasteiger partial charge in [-0.3, -0.25) is 0 Å². The number of rotatable bonds is 1.